The summed E-state index contributed by atoms with van der Waals surface area (Å²) in [4.78, 5) is 0.858. The highest BCUT2D eigenvalue weighted by molar-refractivity contribution is 7.82. The normalized spacial score (nSPS) is 22.4. The molecule has 1 rings (SSSR count). The van der Waals surface area contributed by atoms with Crippen LogP contribution in [-0.2, 0) is 0 Å². The van der Waals surface area contributed by atoms with Gasteiger partial charge in [0, 0.05) is 0 Å². The van der Waals surface area contributed by atoms with Crippen LogP contribution < -0.4 is 10.6 Å². The Balaban J connectivity index is 1.99. The van der Waals surface area contributed by atoms with Gasteiger partial charge >= 0.3 is 0 Å². The molecule has 1 aliphatic heterocycles. The van der Waals surface area contributed by atoms with Gasteiger partial charge in [-0.1, -0.05) is 76.9 Å². The first-order chi connectivity index (χ1) is 9.08. The molecule has 1 atom stereocenters. The minimum absolute atomic E-state index is 0.104. The molecule has 0 aromatic carbocycles. The fraction of sp³-hybridized carbons (Fsp3) is 0.867. The quantitative estimate of drug-likeness (QED) is 0.459. The van der Waals surface area contributed by atoms with E-state index in [1.165, 1.54) is 57.8 Å². The van der Waals surface area contributed by atoms with Gasteiger partial charge in [-0.2, -0.15) is 0 Å². The summed E-state index contributed by atoms with van der Waals surface area (Å²) in [6.45, 7) is 4.41. The van der Waals surface area contributed by atoms with Crippen molar-refractivity contribution in [2.75, 3.05) is 0 Å². The smallest absolute Gasteiger partial charge is 0.171 e. The first-order valence-electron chi connectivity index (χ1n) is 7.72. The van der Waals surface area contributed by atoms with Crippen LogP contribution in [-0.4, -0.2) is 15.6 Å². The van der Waals surface area contributed by atoms with Crippen molar-refractivity contribution in [2.24, 2.45) is 0 Å². The highest BCUT2D eigenvalue weighted by Gasteiger charge is 2.35. The minimum Gasteiger partial charge on any atom is -0.351 e. The van der Waals surface area contributed by atoms with E-state index in [0.29, 0.717) is 5.11 Å². The van der Waals surface area contributed by atoms with E-state index in [1.807, 2.05) is 0 Å². The van der Waals surface area contributed by atoms with Crippen molar-refractivity contribution in [3.63, 3.8) is 0 Å². The molecule has 1 heterocycles. The van der Waals surface area contributed by atoms with Gasteiger partial charge in [0.15, 0.2) is 5.11 Å². The third-order valence-electron chi connectivity index (χ3n) is 3.90. The Bertz CT molecular complexity index is 305. The number of hydrogen-bond donors (Lipinski definition) is 2. The molecular weight excluding hydrogens is 272 g/mol. The zero-order valence-electron chi connectivity index (χ0n) is 12.4. The monoisotopic (exact) mass is 300 g/mol. The lowest BCUT2D eigenvalue weighted by Gasteiger charge is -2.23. The number of nitrogens with one attached hydrogen (secondary N) is 2. The van der Waals surface area contributed by atoms with Crippen molar-refractivity contribution in [2.45, 2.75) is 83.6 Å². The van der Waals surface area contributed by atoms with E-state index < -0.39 is 0 Å². The summed E-state index contributed by atoms with van der Waals surface area (Å²) in [6.07, 6.45) is 13.3. The number of hydrogen-bond acceptors (Lipinski definition) is 2. The predicted molar refractivity (Wildman–Crippen MR) is 91.7 cm³/mol. The third kappa shape index (κ3) is 6.17. The number of unbranched alkanes of at least 4 members (excludes halogenated alkanes) is 8. The van der Waals surface area contributed by atoms with Gasteiger partial charge in [-0.3, -0.25) is 0 Å². The molecule has 4 heteroatoms. The van der Waals surface area contributed by atoms with E-state index in [0.717, 1.165) is 11.4 Å². The minimum atomic E-state index is -0.104. The van der Waals surface area contributed by atoms with Crippen LogP contribution in [0.25, 0.3) is 0 Å². The van der Waals surface area contributed by atoms with Crippen LogP contribution in [0.3, 0.4) is 0 Å². The van der Waals surface area contributed by atoms with Gasteiger partial charge in [-0.15, -0.1) is 0 Å². The maximum atomic E-state index is 5.33. The summed E-state index contributed by atoms with van der Waals surface area (Å²) in [5.74, 6) is 0. The maximum Gasteiger partial charge on any atom is 0.171 e. The highest BCUT2D eigenvalue weighted by Crippen LogP contribution is 2.20. The first-order valence-corrected chi connectivity index (χ1v) is 8.54. The van der Waals surface area contributed by atoms with Crippen LogP contribution in [0.4, 0.5) is 0 Å². The summed E-state index contributed by atoms with van der Waals surface area (Å²) < 4.78 is 0. The van der Waals surface area contributed by atoms with E-state index in [9.17, 15) is 0 Å². The molecule has 1 fully saturated rings. The molecule has 19 heavy (non-hydrogen) atoms. The molecule has 2 nitrogen and oxygen atoms in total. The van der Waals surface area contributed by atoms with Crippen LogP contribution in [0.1, 0.15) is 78.1 Å². The van der Waals surface area contributed by atoms with Gasteiger partial charge in [-0.25, -0.2) is 0 Å². The van der Waals surface area contributed by atoms with Crippen molar-refractivity contribution in [3.8, 4) is 0 Å². The van der Waals surface area contributed by atoms with Gasteiger partial charge in [-0.05, 0) is 25.6 Å². The topological polar surface area (TPSA) is 24.1 Å². The zero-order valence-corrected chi connectivity index (χ0v) is 14.0. The Morgan fingerprint density at radius 1 is 0.895 bits per heavy atom. The molecule has 1 aliphatic rings. The van der Waals surface area contributed by atoms with Crippen LogP contribution in [0.15, 0.2) is 0 Å². The summed E-state index contributed by atoms with van der Waals surface area (Å²) >= 11 is 10.4. The Morgan fingerprint density at radius 3 is 1.89 bits per heavy atom. The SMILES string of the molecule is CCCCCCCCCCCC1(C)NC(=S)NC1=S. The van der Waals surface area contributed by atoms with Gasteiger partial charge in [0.1, 0.15) is 4.99 Å². The van der Waals surface area contributed by atoms with E-state index in [2.05, 4.69) is 24.5 Å². The molecule has 0 bridgehead atoms. The van der Waals surface area contributed by atoms with Crippen molar-refractivity contribution >= 4 is 34.5 Å². The molecule has 1 unspecified atom stereocenters. The van der Waals surface area contributed by atoms with Gasteiger partial charge in [0.05, 0.1) is 5.54 Å². The largest absolute Gasteiger partial charge is 0.351 e. The summed E-state index contributed by atoms with van der Waals surface area (Å²) in [5, 5.41) is 7.01. The second kappa shape index (κ2) is 8.85. The lowest BCUT2D eigenvalue weighted by Crippen LogP contribution is -2.42. The van der Waals surface area contributed by atoms with E-state index in [-0.39, 0.29) is 5.54 Å². The number of rotatable bonds is 10. The van der Waals surface area contributed by atoms with E-state index >= 15 is 0 Å². The standard InChI is InChI=1S/C15H28N2S2/c1-3-4-5-6-7-8-9-10-11-12-15(2)13(18)16-14(19)17-15/h3-12H2,1-2H3,(H2,16,17,18,19). The maximum absolute atomic E-state index is 5.33. The summed E-state index contributed by atoms with van der Waals surface area (Å²) in [5.41, 5.74) is -0.104. The summed E-state index contributed by atoms with van der Waals surface area (Å²) in [6, 6.07) is 0. The molecule has 0 aliphatic carbocycles. The van der Waals surface area contributed by atoms with Crippen molar-refractivity contribution in [3.05, 3.63) is 0 Å². The molecule has 0 saturated carbocycles. The van der Waals surface area contributed by atoms with Gasteiger partial charge in [0.2, 0.25) is 0 Å². The average Bonchev–Trinajstić information content (AvgIpc) is 2.61. The molecule has 0 spiro atoms. The Hall–Kier alpha value is -0.220. The second-order valence-corrected chi connectivity index (χ2v) is 6.64. The predicted octanol–water partition coefficient (Wildman–Crippen LogP) is 4.47. The second-order valence-electron chi connectivity index (χ2n) is 5.82. The lowest BCUT2D eigenvalue weighted by atomic mass is 9.95. The molecule has 0 amide bonds. The van der Waals surface area contributed by atoms with Crippen LogP contribution in [0.2, 0.25) is 0 Å². The molecule has 2 N–H and O–H groups in total. The lowest BCUT2D eigenvalue weighted by molar-refractivity contribution is 0.480. The van der Waals surface area contributed by atoms with Crippen molar-refractivity contribution in [1.29, 1.82) is 0 Å². The molecular formula is C15H28N2S2. The van der Waals surface area contributed by atoms with Gasteiger partial charge in [0.25, 0.3) is 0 Å². The molecule has 0 aromatic heterocycles. The van der Waals surface area contributed by atoms with Crippen molar-refractivity contribution in [1.82, 2.24) is 10.6 Å². The van der Waals surface area contributed by atoms with Gasteiger partial charge < -0.3 is 10.6 Å². The van der Waals surface area contributed by atoms with Crippen LogP contribution >= 0.6 is 24.4 Å². The number of thiocarbonyl (C=S) groups is 2. The molecule has 0 aromatic rings. The van der Waals surface area contributed by atoms with Crippen molar-refractivity contribution < 1.29 is 0 Å². The van der Waals surface area contributed by atoms with Crippen LogP contribution in [0.5, 0.6) is 0 Å². The molecule has 110 valence electrons. The fourth-order valence-corrected chi connectivity index (χ4v) is 3.19. The Labute approximate surface area is 129 Å². The average molecular weight is 301 g/mol. The third-order valence-corrected chi connectivity index (χ3v) is 4.65. The Kier molecular flexibility index (Phi) is 7.84. The van der Waals surface area contributed by atoms with E-state index in [4.69, 9.17) is 24.4 Å². The molecule has 1 saturated heterocycles. The Morgan fingerprint density at radius 2 is 1.42 bits per heavy atom. The van der Waals surface area contributed by atoms with Crippen LogP contribution in [0, 0.1) is 0 Å². The summed E-state index contributed by atoms with van der Waals surface area (Å²) in [7, 11) is 0. The fourth-order valence-electron chi connectivity index (χ4n) is 2.54. The molecule has 0 radical (unpaired) electrons. The zero-order chi connectivity index (χ0) is 14.1. The first kappa shape index (κ1) is 16.8. The highest BCUT2D eigenvalue weighted by atomic mass is 32.1. The van der Waals surface area contributed by atoms with E-state index in [1.54, 1.807) is 0 Å².